The third-order valence-electron chi connectivity index (χ3n) is 5.59. The van der Waals surface area contributed by atoms with Crippen molar-refractivity contribution >= 4 is 34.1 Å². The molecule has 0 aromatic heterocycles. The van der Waals surface area contributed by atoms with Crippen LogP contribution in [-0.2, 0) is 40.2 Å². The van der Waals surface area contributed by atoms with Crippen LogP contribution in [0.2, 0.25) is 0 Å². The van der Waals surface area contributed by atoms with Crippen LogP contribution in [0.5, 0.6) is 0 Å². The van der Waals surface area contributed by atoms with E-state index in [1.165, 1.54) is 23.5 Å². The van der Waals surface area contributed by atoms with E-state index in [9.17, 15) is 4.39 Å². The maximum atomic E-state index is 12.9. The topological polar surface area (TPSA) is 13.0 Å². The average Bonchev–Trinajstić information content (AvgIpc) is 3.38. The molecule has 6 rings (SSSR count). The first kappa shape index (κ1) is 26.9. The zero-order valence-electron chi connectivity index (χ0n) is 19.1. The van der Waals surface area contributed by atoms with Crippen molar-refractivity contribution < 1.29 is 44.6 Å². The van der Waals surface area contributed by atoms with Crippen molar-refractivity contribution in [1.82, 2.24) is 0 Å². The Bertz CT molecular complexity index is 1240. The third-order valence-corrected chi connectivity index (χ3v) is 5.59. The maximum Gasteiger partial charge on any atom is 0.0326 e. The minimum Gasteiger partial charge on any atom is -0.504 e. The zero-order valence-corrected chi connectivity index (χ0v) is 23.9. The van der Waals surface area contributed by atoms with E-state index in [-0.39, 0.29) is 46.0 Å². The van der Waals surface area contributed by atoms with Crippen molar-refractivity contribution in [2.24, 2.45) is 0 Å². The fourth-order valence-corrected chi connectivity index (χ4v) is 3.99. The molecule has 2 aliphatic heterocycles. The summed E-state index contributed by atoms with van der Waals surface area (Å²) >= 11 is 0. The molecule has 0 bridgehead atoms. The van der Waals surface area contributed by atoms with Crippen LogP contribution in [0.4, 0.5) is 38.5 Å². The molecule has 0 N–H and O–H groups in total. The number of anilines is 6. The van der Waals surface area contributed by atoms with Crippen molar-refractivity contribution in [3.8, 4) is 0 Å². The van der Waals surface area contributed by atoms with Crippen LogP contribution in [0.1, 0.15) is 0 Å². The molecule has 7 heteroatoms. The minimum atomic E-state index is -0.269. The summed E-state index contributed by atoms with van der Waals surface area (Å²) in [7, 11) is 4.05. The quantitative estimate of drug-likeness (QED) is 0.214. The summed E-state index contributed by atoms with van der Waals surface area (Å²) in [6.07, 6.45) is 0. The number of para-hydroxylation sites is 5. The van der Waals surface area contributed by atoms with E-state index in [1.54, 1.807) is 6.07 Å². The molecular weight excluding hydrogens is 796 g/mol. The Labute approximate surface area is 233 Å². The van der Waals surface area contributed by atoms with Crippen LogP contribution in [0, 0.1) is 31.3 Å². The van der Waals surface area contributed by atoms with Gasteiger partial charge in [0.05, 0.1) is 0 Å². The van der Waals surface area contributed by atoms with E-state index >= 15 is 0 Å². The van der Waals surface area contributed by atoms with E-state index < -0.39 is 0 Å². The molecule has 35 heavy (non-hydrogen) atoms. The van der Waals surface area contributed by atoms with Crippen molar-refractivity contribution in [1.29, 1.82) is 0 Å². The van der Waals surface area contributed by atoms with Crippen LogP contribution < -0.4 is 19.6 Å². The third kappa shape index (κ3) is 5.60. The van der Waals surface area contributed by atoms with Crippen molar-refractivity contribution in [3.05, 3.63) is 122 Å². The molecule has 0 fully saturated rings. The van der Waals surface area contributed by atoms with Crippen LogP contribution in [-0.4, -0.2) is 14.1 Å². The van der Waals surface area contributed by atoms with Crippen LogP contribution in [0.15, 0.2) is 91.0 Å². The summed E-state index contributed by atoms with van der Waals surface area (Å²) in [5, 5.41) is 0. The van der Waals surface area contributed by atoms with Gasteiger partial charge in [-0.1, -0.05) is 24.3 Å². The van der Waals surface area contributed by atoms with Gasteiger partial charge in [0.1, 0.15) is 0 Å². The van der Waals surface area contributed by atoms with Gasteiger partial charge in [0.2, 0.25) is 0 Å². The molecule has 0 amide bonds. The smallest absolute Gasteiger partial charge is 0.0326 e. The number of hydrogen-bond donors (Lipinski definition) is 0. The van der Waals surface area contributed by atoms with Gasteiger partial charge in [-0.3, -0.25) is 4.39 Å². The molecule has 0 spiro atoms. The van der Waals surface area contributed by atoms with Crippen molar-refractivity contribution in [2.75, 3.05) is 33.7 Å². The zero-order chi connectivity index (χ0) is 22.8. The normalized spacial score (nSPS) is 13.2. The molecule has 0 saturated carbocycles. The summed E-state index contributed by atoms with van der Waals surface area (Å²) in [6.45, 7) is 4.05. The molecule has 0 unspecified atom stereocenters. The fourth-order valence-electron chi connectivity index (χ4n) is 3.99. The Balaban J connectivity index is 0.000000185. The van der Waals surface area contributed by atoms with Crippen LogP contribution >= 0.6 is 0 Å². The summed E-state index contributed by atoms with van der Waals surface area (Å²) < 4.78 is 12.9. The second-order valence-corrected chi connectivity index (χ2v) is 7.81. The summed E-state index contributed by atoms with van der Waals surface area (Å²) in [5.41, 5.74) is 6.54. The molecule has 4 aromatic carbocycles. The van der Waals surface area contributed by atoms with Gasteiger partial charge in [0.25, 0.3) is 0 Å². The molecule has 2 heterocycles. The Morgan fingerprint density at radius 3 is 1.54 bits per heavy atom. The molecule has 4 aromatic rings. The number of halogens is 1. The van der Waals surface area contributed by atoms with E-state index in [1.807, 2.05) is 59.9 Å². The van der Waals surface area contributed by atoms with Crippen LogP contribution in [0.3, 0.4) is 0 Å². The molecule has 0 aliphatic carbocycles. The van der Waals surface area contributed by atoms with E-state index in [0.29, 0.717) is 0 Å². The number of benzene rings is 4. The van der Waals surface area contributed by atoms with Gasteiger partial charge in [-0.25, -0.2) is 0 Å². The van der Waals surface area contributed by atoms with Gasteiger partial charge in [-0.15, -0.1) is 29.6 Å². The van der Waals surface area contributed by atoms with Gasteiger partial charge in [-0.05, 0) is 38.4 Å². The molecule has 4 nitrogen and oxygen atoms in total. The first-order valence-electron chi connectivity index (χ1n) is 10.7. The van der Waals surface area contributed by atoms with E-state index in [0.717, 1.165) is 22.7 Å². The first-order chi connectivity index (χ1) is 16.1. The Morgan fingerprint density at radius 1 is 0.600 bits per heavy atom. The number of fused-ring (bicyclic) bond motifs is 2. The summed E-state index contributed by atoms with van der Waals surface area (Å²) in [5.74, 6) is -0.269. The van der Waals surface area contributed by atoms with E-state index in [4.69, 9.17) is 0 Å². The molecule has 2 aliphatic rings. The SMILES string of the molecule is CN1[CH-]N(c2[c-]cc(F)cc2)c2ccccc21.CN1[CH-]N(c2[c-]cccc2)c2ccccc21.[Ir].[Ir]. The standard InChI is InChI=1S/C14H11FN2.C14H12N2.2Ir/c1-16-10-17(12-8-6-11(15)7-9-12)14-5-3-2-4-13(14)16;1-15-11-16(12-7-3-2-4-8-12)14-10-6-5-9-13(14)15;;/h2-8,10H,1H3;2-7,9-11H,1H3;;/q2*-2;;. The van der Waals surface area contributed by atoms with Gasteiger partial charge >= 0.3 is 0 Å². The fraction of sp³-hybridized carbons (Fsp3) is 0.0714. The second-order valence-electron chi connectivity index (χ2n) is 7.81. The van der Waals surface area contributed by atoms with Gasteiger partial charge < -0.3 is 19.6 Å². The Kier molecular flexibility index (Phi) is 9.09. The second kappa shape index (κ2) is 11.8. The predicted molar refractivity (Wildman–Crippen MR) is 133 cm³/mol. The molecule has 184 valence electrons. The molecule has 0 saturated heterocycles. The summed E-state index contributed by atoms with van der Waals surface area (Å²) in [6, 6.07) is 35.1. The maximum absolute atomic E-state index is 12.9. The number of rotatable bonds is 2. The van der Waals surface area contributed by atoms with Crippen LogP contribution in [0.25, 0.3) is 0 Å². The van der Waals surface area contributed by atoms with E-state index in [2.05, 4.69) is 72.0 Å². The Hall–Kier alpha value is -2.69. The number of nitrogens with zero attached hydrogens (tertiary/aromatic N) is 4. The van der Waals surface area contributed by atoms with Gasteiger partial charge in [-0.2, -0.15) is 49.7 Å². The molecular formula is C28H23FIr2N4-4. The average molecular weight is 819 g/mol. The Morgan fingerprint density at radius 2 is 1.09 bits per heavy atom. The number of hydrogen-bond acceptors (Lipinski definition) is 4. The van der Waals surface area contributed by atoms with Crippen molar-refractivity contribution in [3.63, 3.8) is 0 Å². The summed E-state index contributed by atoms with van der Waals surface area (Å²) in [4.78, 5) is 8.30. The van der Waals surface area contributed by atoms with Gasteiger partial charge in [0.15, 0.2) is 0 Å². The van der Waals surface area contributed by atoms with Gasteiger partial charge in [0, 0.05) is 68.8 Å². The first-order valence-corrected chi connectivity index (χ1v) is 10.7. The minimum absolute atomic E-state index is 0. The predicted octanol–water partition coefficient (Wildman–Crippen LogP) is 6.52. The molecule has 0 atom stereocenters. The molecule has 2 radical (unpaired) electrons. The largest absolute Gasteiger partial charge is 0.504 e. The monoisotopic (exact) mass is 820 g/mol. The van der Waals surface area contributed by atoms with Crippen molar-refractivity contribution in [2.45, 2.75) is 0 Å².